The van der Waals surface area contributed by atoms with E-state index < -0.39 is 6.10 Å². The summed E-state index contributed by atoms with van der Waals surface area (Å²) < 4.78 is 5.99. The predicted molar refractivity (Wildman–Crippen MR) is 80.8 cm³/mol. The lowest BCUT2D eigenvalue weighted by molar-refractivity contribution is 0.177. The zero-order valence-electron chi connectivity index (χ0n) is 10.4. The highest BCUT2D eigenvalue weighted by Gasteiger charge is 2.12. The Morgan fingerprint density at radius 3 is 2.74 bits per heavy atom. The number of halogens is 2. The highest BCUT2D eigenvalue weighted by molar-refractivity contribution is 9.10. The average Bonchev–Trinajstić information content (AvgIpc) is 2.38. The first-order valence-electron chi connectivity index (χ1n) is 5.86. The van der Waals surface area contributed by atoms with Gasteiger partial charge in [-0.15, -0.1) is 0 Å². The zero-order chi connectivity index (χ0) is 13.8. The van der Waals surface area contributed by atoms with Crippen LogP contribution in [0.2, 0.25) is 5.02 Å². The maximum absolute atomic E-state index is 10.3. The number of benzene rings is 2. The Balaban J connectivity index is 2.17. The van der Waals surface area contributed by atoms with Crippen LogP contribution >= 0.6 is 27.5 Å². The second-order valence-electron chi connectivity index (χ2n) is 4.24. The Hall–Kier alpha value is -1.03. The monoisotopic (exact) mass is 340 g/mol. The van der Waals surface area contributed by atoms with Gasteiger partial charge in [-0.05, 0) is 35.4 Å². The van der Waals surface area contributed by atoms with Crippen molar-refractivity contribution in [3.63, 3.8) is 0 Å². The first-order valence-corrected chi connectivity index (χ1v) is 7.03. The normalized spacial score (nSPS) is 12.2. The number of hydrogen-bond acceptors (Lipinski definition) is 2. The average molecular weight is 342 g/mol. The minimum atomic E-state index is -0.584. The number of rotatable bonds is 4. The van der Waals surface area contributed by atoms with Gasteiger partial charge in [0.25, 0.3) is 0 Å². The van der Waals surface area contributed by atoms with Crippen molar-refractivity contribution in [2.45, 2.75) is 12.5 Å². The largest absolute Gasteiger partial charge is 0.497 e. The molecule has 4 heteroatoms. The molecule has 0 heterocycles. The van der Waals surface area contributed by atoms with E-state index in [1.165, 1.54) is 0 Å². The van der Waals surface area contributed by atoms with Crippen molar-refractivity contribution in [1.29, 1.82) is 0 Å². The molecule has 2 aromatic carbocycles. The van der Waals surface area contributed by atoms with E-state index in [2.05, 4.69) is 15.9 Å². The van der Waals surface area contributed by atoms with Crippen molar-refractivity contribution in [1.82, 2.24) is 0 Å². The highest BCUT2D eigenvalue weighted by atomic mass is 79.9. The van der Waals surface area contributed by atoms with Crippen LogP contribution in [0.1, 0.15) is 17.2 Å². The smallest absolute Gasteiger partial charge is 0.119 e. The summed E-state index contributed by atoms with van der Waals surface area (Å²) in [7, 11) is 1.63. The first kappa shape index (κ1) is 14.4. The van der Waals surface area contributed by atoms with Crippen LogP contribution in [0, 0.1) is 0 Å². The zero-order valence-corrected chi connectivity index (χ0v) is 12.8. The molecule has 0 aliphatic heterocycles. The summed E-state index contributed by atoms with van der Waals surface area (Å²) in [6.07, 6.45) is -0.0593. The van der Waals surface area contributed by atoms with Gasteiger partial charge < -0.3 is 9.84 Å². The fraction of sp³-hybridized carbons (Fsp3) is 0.200. The molecule has 2 aromatic rings. The van der Waals surface area contributed by atoms with E-state index in [-0.39, 0.29) is 0 Å². The molecule has 0 radical (unpaired) electrons. The summed E-state index contributed by atoms with van der Waals surface area (Å²) in [5.41, 5.74) is 1.85. The lowest BCUT2D eigenvalue weighted by atomic mass is 10.0. The first-order chi connectivity index (χ1) is 9.10. The molecule has 2 nitrogen and oxygen atoms in total. The molecular weight excluding hydrogens is 328 g/mol. The number of methoxy groups -OCH3 is 1. The van der Waals surface area contributed by atoms with Crippen LogP contribution in [0.3, 0.4) is 0 Å². The van der Waals surface area contributed by atoms with E-state index >= 15 is 0 Å². The third-order valence-electron chi connectivity index (χ3n) is 2.88. The van der Waals surface area contributed by atoms with Crippen molar-refractivity contribution >= 4 is 27.5 Å². The molecule has 0 saturated heterocycles. The molecule has 0 aromatic heterocycles. The standard InChI is InChI=1S/C15H14BrClO2/c1-19-12-4-2-3-10(7-12)8-15(18)13-6-5-11(17)9-14(13)16/h2-7,9,15,18H,8H2,1H3. The second kappa shape index (κ2) is 6.42. The fourth-order valence-electron chi connectivity index (χ4n) is 1.90. The van der Waals surface area contributed by atoms with Gasteiger partial charge in [0.15, 0.2) is 0 Å². The molecule has 100 valence electrons. The van der Waals surface area contributed by atoms with Gasteiger partial charge in [0.2, 0.25) is 0 Å². The van der Waals surface area contributed by atoms with E-state index in [4.69, 9.17) is 16.3 Å². The van der Waals surface area contributed by atoms with Crippen LogP contribution < -0.4 is 4.74 Å². The minimum absolute atomic E-state index is 0.525. The van der Waals surface area contributed by atoms with Crippen LogP contribution in [0.5, 0.6) is 5.75 Å². The van der Waals surface area contributed by atoms with Gasteiger partial charge >= 0.3 is 0 Å². The van der Waals surface area contributed by atoms with Gasteiger partial charge in [0, 0.05) is 15.9 Å². The predicted octanol–water partition coefficient (Wildman–Crippen LogP) is 4.39. The third-order valence-corrected chi connectivity index (χ3v) is 3.81. The maximum atomic E-state index is 10.3. The van der Waals surface area contributed by atoms with Gasteiger partial charge in [-0.25, -0.2) is 0 Å². The lowest BCUT2D eigenvalue weighted by Crippen LogP contribution is -2.03. The third kappa shape index (κ3) is 3.72. The Bertz CT molecular complexity index is 572. The fourth-order valence-corrected chi connectivity index (χ4v) is 2.85. The van der Waals surface area contributed by atoms with Crippen molar-refractivity contribution < 1.29 is 9.84 Å². The summed E-state index contributed by atoms with van der Waals surface area (Å²) in [5, 5.41) is 10.9. The Morgan fingerprint density at radius 1 is 1.26 bits per heavy atom. The highest BCUT2D eigenvalue weighted by Crippen LogP contribution is 2.29. The van der Waals surface area contributed by atoms with Gasteiger partial charge in [-0.2, -0.15) is 0 Å². The number of aliphatic hydroxyl groups excluding tert-OH is 1. The minimum Gasteiger partial charge on any atom is -0.497 e. The molecule has 1 N–H and O–H groups in total. The van der Waals surface area contributed by atoms with Crippen molar-refractivity contribution in [3.8, 4) is 5.75 Å². The van der Waals surface area contributed by atoms with Crippen LogP contribution in [-0.2, 0) is 6.42 Å². The van der Waals surface area contributed by atoms with Crippen molar-refractivity contribution in [2.24, 2.45) is 0 Å². The molecule has 0 spiro atoms. The van der Waals surface area contributed by atoms with Gasteiger partial charge in [0.1, 0.15) is 5.75 Å². The van der Waals surface area contributed by atoms with E-state index in [0.717, 1.165) is 21.3 Å². The Morgan fingerprint density at radius 2 is 2.05 bits per heavy atom. The lowest BCUT2D eigenvalue weighted by Gasteiger charge is -2.13. The van der Waals surface area contributed by atoms with Crippen LogP contribution in [-0.4, -0.2) is 12.2 Å². The number of hydrogen-bond donors (Lipinski definition) is 1. The molecule has 0 saturated carbocycles. The van der Waals surface area contributed by atoms with E-state index in [1.54, 1.807) is 19.2 Å². The van der Waals surface area contributed by atoms with Gasteiger partial charge in [-0.3, -0.25) is 0 Å². The molecule has 0 amide bonds. The molecule has 2 rings (SSSR count). The summed E-state index contributed by atoms with van der Waals surface area (Å²) >= 11 is 9.31. The quantitative estimate of drug-likeness (QED) is 0.894. The molecular formula is C15H14BrClO2. The molecule has 0 bridgehead atoms. The summed E-state index contributed by atoms with van der Waals surface area (Å²) in [5.74, 6) is 0.792. The topological polar surface area (TPSA) is 29.5 Å². The number of ether oxygens (including phenoxy) is 1. The number of aliphatic hydroxyl groups is 1. The van der Waals surface area contributed by atoms with Crippen LogP contribution in [0.4, 0.5) is 0 Å². The molecule has 19 heavy (non-hydrogen) atoms. The van der Waals surface area contributed by atoms with E-state index in [9.17, 15) is 5.11 Å². The van der Waals surface area contributed by atoms with Crippen molar-refractivity contribution in [3.05, 3.63) is 63.1 Å². The molecule has 0 aliphatic rings. The Labute approximate surface area is 126 Å². The molecule has 1 atom stereocenters. The molecule has 0 fully saturated rings. The summed E-state index contributed by atoms with van der Waals surface area (Å²) in [6.45, 7) is 0. The van der Waals surface area contributed by atoms with Crippen LogP contribution in [0.15, 0.2) is 46.9 Å². The Kier molecular flexibility index (Phi) is 4.86. The maximum Gasteiger partial charge on any atom is 0.119 e. The SMILES string of the molecule is COc1cccc(CC(O)c2ccc(Cl)cc2Br)c1. The molecule has 0 aliphatic carbocycles. The van der Waals surface area contributed by atoms with E-state index in [1.807, 2.05) is 30.3 Å². The van der Waals surface area contributed by atoms with Crippen molar-refractivity contribution in [2.75, 3.05) is 7.11 Å². The molecule has 1 unspecified atom stereocenters. The van der Waals surface area contributed by atoms with Crippen LogP contribution in [0.25, 0.3) is 0 Å². The van der Waals surface area contributed by atoms with E-state index in [0.29, 0.717) is 11.4 Å². The second-order valence-corrected chi connectivity index (χ2v) is 5.53. The van der Waals surface area contributed by atoms with Gasteiger partial charge in [0.05, 0.1) is 13.2 Å². The summed E-state index contributed by atoms with van der Waals surface area (Å²) in [6, 6.07) is 13.1. The van der Waals surface area contributed by atoms with Gasteiger partial charge in [-0.1, -0.05) is 45.7 Å². The summed E-state index contributed by atoms with van der Waals surface area (Å²) in [4.78, 5) is 0.